The highest BCUT2D eigenvalue weighted by molar-refractivity contribution is 7.48. The maximum atomic E-state index is 12.6. The van der Waals surface area contributed by atoms with E-state index in [0.29, 0.717) is 13.2 Å². The summed E-state index contributed by atoms with van der Waals surface area (Å²) in [7, 11) is -3.50. The van der Waals surface area contributed by atoms with Gasteiger partial charge in [-0.15, -0.1) is 0 Å². The second-order valence-corrected chi connectivity index (χ2v) is 7.14. The van der Waals surface area contributed by atoms with Crippen LogP contribution in [0.1, 0.15) is 52.0 Å². The van der Waals surface area contributed by atoms with Crippen molar-refractivity contribution in [3.8, 4) is 0 Å². The number of phosphoric acid groups is 1. The Bertz CT molecular complexity index is 491. The van der Waals surface area contributed by atoms with E-state index in [1.807, 2.05) is 24.3 Å². The van der Waals surface area contributed by atoms with Crippen LogP contribution in [-0.2, 0) is 24.6 Å². The second-order valence-electron chi connectivity index (χ2n) is 5.52. The number of hydrogen-bond donors (Lipinski definition) is 0. The van der Waals surface area contributed by atoms with Gasteiger partial charge in [-0.25, -0.2) is 4.57 Å². The summed E-state index contributed by atoms with van der Waals surface area (Å²) < 4.78 is 28.9. The first-order valence-electron chi connectivity index (χ1n) is 8.91. The third-order valence-electron chi connectivity index (χ3n) is 3.47. The molecule has 0 heterocycles. The third-order valence-corrected chi connectivity index (χ3v) is 5.15. The summed E-state index contributed by atoms with van der Waals surface area (Å²) in [4.78, 5) is 0. The Kier molecular flexibility index (Phi) is 10.9. The number of hydrogen-bond acceptors (Lipinski definition) is 4. The van der Waals surface area contributed by atoms with Gasteiger partial charge in [0.1, 0.15) is 0 Å². The Morgan fingerprint density at radius 2 is 1.75 bits per heavy atom. The van der Waals surface area contributed by atoms with E-state index in [2.05, 4.69) is 25.1 Å². The summed E-state index contributed by atoms with van der Waals surface area (Å²) in [6, 6.07) is 10.2. The van der Waals surface area contributed by atoms with Gasteiger partial charge in [-0.1, -0.05) is 62.2 Å². The van der Waals surface area contributed by atoms with Crippen molar-refractivity contribution in [2.24, 2.45) is 0 Å². The van der Waals surface area contributed by atoms with Crippen LogP contribution < -0.4 is 0 Å². The molecule has 0 aliphatic carbocycles. The molecule has 0 N–H and O–H groups in total. The first-order valence-corrected chi connectivity index (χ1v) is 10.4. The van der Waals surface area contributed by atoms with E-state index >= 15 is 0 Å². The van der Waals surface area contributed by atoms with Crippen molar-refractivity contribution in [3.63, 3.8) is 0 Å². The van der Waals surface area contributed by atoms with Crippen molar-refractivity contribution in [2.75, 3.05) is 13.2 Å². The quantitative estimate of drug-likeness (QED) is 0.250. The van der Waals surface area contributed by atoms with Gasteiger partial charge >= 0.3 is 7.82 Å². The fourth-order valence-electron chi connectivity index (χ4n) is 2.29. The van der Waals surface area contributed by atoms with Crippen molar-refractivity contribution in [3.05, 3.63) is 48.0 Å². The zero-order valence-corrected chi connectivity index (χ0v) is 16.0. The summed E-state index contributed by atoms with van der Waals surface area (Å²) in [5.41, 5.74) is 1.23. The molecule has 0 bridgehead atoms. The number of allylic oxidation sites excluding steroid dienone is 1. The molecule has 0 fully saturated rings. The number of benzene rings is 1. The second kappa shape index (κ2) is 12.4. The largest absolute Gasteiger partial charge is 0.475 e. The molecule has 1 aromatic rings. The van der Waals surface area contributed by atoms with E-state index < -0.39 is 7.82 Å². The van der Waals surface area contributed by atoms with Crippen molar-refractivity contribution in [1.82, 2.24) is 0 Å². The van der Waals surface area contributed by atoms with E-state index in [-0.39, 0.29) is 6.10 Å². The summed E-state index contributed by atoms with van der Waals surface area (Å²) in [6.07, 6.45) is 8.66. The minimum atomic E-state index is -3.50. The van der Waals surface area contributed by atoms with Crippen LogP contribution in [0.4, 0.5) is 0 Å². The molecule has 0 amide bonds. The van der Waals surface area contributed by atoms with Crippen LogP contribution in [0.15, 0.2) is 42.5 Å². The number of rotatable bonds is 13. The van der Waals surface area contributed by atoms with Crippen molar-refractivity contribution in [2.45, 2.75) is 59.0 Å². The summed E-state index contributed by atoms with van der Waals surface area (Å²) >= 11 is 0. The lowest BCUT2D eigenvalue weighted by Gasteiger charge is -2.21. The monoisotopic (exact) mass is 354 g/mol. The maximum Gasteiger partial charge on any atom is 0.475 e. The molecule has 1 rings (SSSR count). The van der Waals surface area contributed by atoms with Crippen LogP contribution in [0.5, 0.6) is 0 Å². The van der Waals surface area contributed by atoms with Gasteiger partial charge in [-0.05, 0) is 38.7 Å². The van der Waals surface area contributed by atoms with E-state index in [0.717, 1.165) is 32.1 Å². The average Bonchev–Trinajstić information content (AvgIpc) is 2.57. The van der Waals surface area contributed by atoms with Gasteiger partial charge in [0.2, 0.25) is 0 Å². The molecule has 0 radical (unpaired) electrons. The fourth-order valence-corrected chi connectivity index (χ4v) is 3.62. The van der Waals surface area contributed by atoms with Gasteiger partial charge in [-0.3, -0.25) is 13.6 Å². The highest BCUT2D eigenvalue weighted by Crippen LogP contribution is 2.50. The molecule has 5 heteroatoms. The molecule has 1 aromatic carbocycles. The fraction of sp³-hybridized carbons (Fsp3) is 0.579. The third kappa shape index (κ3) is 8.79. The molecular formula is C19H31O4P. The number of aryl methyl sites for hydroxylation is 1. The summed E-state index contributed by atoms with van der Waals surface area (Å²) in [5.74, 6) is 0. The van der Waals surface area contributed by atoms with E-state index in [1.165, 1.54) is 5.56 Å². The molecule has 0 aromatic heterocycles. The Balaban J connectivity index is 2.71. The molecule has 0 aliphatic rings. The molecule has 4 nitrogen and oxygen atoms in total. The average molecular weight is 354 g/mol. The Morgan fingerprint density at radius 3 is 2.33 bits per heavy atom. The molecule has 0 spiro atoms. The van der Waals surface area contributed by atoms with E-state index in [1.54, 1.807) is 13.8 Å². The molecule has 1 unspecified atom stereocenters. The number of unbranched alkanes of at least 4 members (excludes halogenated alkanes) is 2. The van der Waals surface area contributed by atoms with Crippen LogP contribution in [0.2, 0.25) is 0 Å². The molecule has 1 atom stereocenters. The van der Waals surface area contributed by atoms with Gasteiger partial charge < -0.3 is 0 Å². The van der Waals surface area contributed by atoms with Crippen LogP contribution in [0.25, 0.3) is 0 Å². The van der Waals surface area contributed by atoms with Gasteiger partial charge in [-0.2, -0.15) is 0 Å². The normalized spacial score (nSPS) is 13.5. The highest BCUT2D eigenvalue weighted by atomic mass is 31.2. The summed E-state index contributed by atoms with van der Waals surface area (Å²) in [5, 5.41) is 0. The minimum absolute atomic E-state index is 0.286. The van der Waals surface area contributed by atoms with Crippen LogP contribution >= 0.6 is 7.82 Å². The molecule has 0 saturated carbocycles. The van der Waals surface area contributed by atoms with Crippen molar-refractivity contribution in [1.29, 1.82) is 0 Å². The van der Waals surface area contributed by atoms with Gasteiger partial charge in [0.25, 0.3) is 0 Å². The van der Waals surface area contributed by atoms with Crippen LogP contribution in [0, 0.1) is 0 Å². The van der Waals surface area contributed by atoms with Gasteiger partial charge in [0.05, 0.1) is 19.3 Å². The van der Waals surface area contributed by atoms with Gasteiger partial charge in [0.15, 0.2) is 0 Å². The lowest BCUT2D eigenvalue weighted by atomic mass is 10.1. The Hall–Kier alpha value is -0.930. The first kappa shape index (κ1) is 21.1. The van der Waals surface area contributed by atoms with E-state index in [9.17, 15) is 4.57 Å². The van der Waals surface area contributed by atoms with Crippen molar-refractivity contribution < 1.29 is 18.1 Å². The lowest BCUT2D eigenvalue weighted by molar-refractivity contribution is 0.0976. The zero-order valence-electron chi connectivity index (χ0n) is 15.1. The molecule has 24 heavy (non-hydrogen) atoms. The predicted octanol–water partition coefficient (Wildman–Crippen LogP) is 5.93. The van der Waals surface area contributed by atoms with Gasteiger partial charge in [0, 0.05) is 0 Å². The smallest absolute Gasteiger partial charge is 0.287 e. The zero-order chi connectivity index (χ0) is 17.7. The lowest BCUT2D eigenvalue weighted by Crippen LogP contribution is -2.12. The highest BCUT2D eigenvalue weighted by Gasteiger charge is 2.28. The Morgan fingerprint density at radius 1 is 1.08 bits per heavy atom. The molecular weight excluding hydrogens is 323 g/mol. The molecule has 136 valence electrons. The molecule has 0 saturated heterocycles. The molecule has 0 aliphatic heterocycles. The standard InChI is InChI=1S/C19H31O4P/c1-4-7-8-12-15-19(17-16-18-13-10-9-11-14-18)23-24(20,21-5-2)22-6-3/h9-15,19H,4-8,16-17H2,1-3H3/b15-12-. The van der Waals surface area contributed by atoms with E-state index in [4.69, 9.17) is 13.6 Å². The minimum Gasteiger partial charge on any atom is -0.287 e. The SMILES string of the molecule is CCCC/C=C\C(CCc1ccccc1)OP(=O)(OCC)OCC. The van der Waals surface area contributed by atoms with Crippen molar-refractivity contribution >= 4 is 7.82 Å². The number of phosphoric ester groups is 1. The first-order chi connectivity index (χ1) is 11.6. The van der Waals surface area contributed by atoms with Crippen LogP contribution in [0.3, 0.4) is 0 Å². The predicted molar refractivity (Wildman–Crippen MR) is 99.2 cm³/mol. The topological polar surface area (TPSA) is 44.8 Å². The van der Waals surface area contributed by atoms with Crippen LogP contribution in [-0.4, -0.2) is 19.3 Å². The maximum absolute atomic E-state index is 12.6. The Labute approximate surface area is 146 Å². The summed E-state index contributed by atoms with van der Waals surface area (Å²) in [6.45, 7) is 6.32.